The highest BCUT2D eigenvalue weighted by atomic mass is 16.5. The third kappa shape index (κ3) is 3.08. The highest BCUT2D eigenvalue weighted by Gasteiger charge is 2.11. The van der Waals surface area contributed by atoms with Gasteiger partial charge >= 0.3 is 5.97 Å². The van der Waals surface area contributed by atoms with Crippen molar-refractivity contribution < 1.29 is 18.8 Å². The van der Waals surface area contributed by atoms with Crippen LogP contribution in [-0.2, 0) is 4.74 Å². The number of esters is 1. The molecule has 0 saturated carbocycles. The number of methoxy groups -OCH3 is 2. The first-order valence-corrected chi connectivity index (χ1v) is 7.01. The molecule has 23 heavy (non-hydrogen) atoms. The summed E-state index contributed by atoms with van der Waals surface area (Å²) < 4.78 is 15.3. The van der Waals surface area contributed by atoms with Gasteiger partial charge < -0.3 is 14.0 Å². The SMILES string of the molecule is COC(=O)c1cccc(-c2cc(-c3ccc(OC)cc3)on2)c1. The van der Waals surface area contributed by atoms with E-state index in [1.165, 1.54) is 7.11 Å². The number of carbonyl (C=O) groups is 1. The predicted octanol–water partition coefficient (Wildman–Crippen LogP) is 3.80. The van der Waals surface area contributed by atoms with E-state index in [1.54, 1.807) is 25.3 Å². The van der Waals surface area contributed by atoms with Crippen molar-refractivity contribution in [3.05, 3.63) is 60.2 Å². The van der Waals surface area contributed by atoms with Crippen LogP contribution in [0.5, 0.6) is 5.75 Å². The topological polar surface area (TPSA) is 61.6 Å². The molecule has 5 nitrogen and oxygen atoms in total. The third-order valence-corrected chi connectivity index (χ3v) is 3.46. The van der Waals surface area contributed by atoms with Crippen LogP contribution in [0.2, 0.25) is 0 Å². The van der Waals surface area contributed by atoms with Crippen LogP contribution in [0.15, 0.2) is 59.1 Å². The van der Waals surface area contributed by atoms with Gasteiger partial charge in [0.25, 0.3) is 0 Å². The van der Waals surface area contributed by atoms with Gasteiger partial charge in [0.2, 0.25) is 0 Å². The fourth-order valence-corrected chi connectivity index (χ4v) is 2.23. The van der Waals surface area contributed by atoms with Crippen LogP contribution in [0.25, 0.3) is 22.6 Å². The van der Waals surface area contributed by atoms with E-state index in [2.05, 4.69) is 5.16 Å². The summed E-state index contributed by atoms with van der Waals surface area (Å²) in [7, 11) is 2.97. The highest BCUT2D eigenvalue weighted by Crippen LogP contribution is 2.27. The predicted molar refractivity (Wildman–Crippen MR) is 85.3 cm³/mol. The van der Waals surface area contributed by atoms with Crippen molar-refractivity contribution in [1.29, 1.82) is 0 Å². The van der Waals surface area contributed by atoms with Crippen molar-refractivity contribution >= 4 is 5.97 Å². The Hall–Kier alpha value is -3.08. The van der Waals surface area contributed by atoms with E-state index in [0.29, 0.717) is 17.0 Å². The lowest BCUT2D eigenvalue weighted by Gasteiger charge is -2.01. The molecule has 0 fully saturated rings. The van der Waals surface area contributed by atoms with Gasteiger partial charge in [0.1, 0.15) is 11.4 Å². The lowest BCUT2D eigenvalue weighted by Crippen LogP contribution is -2.00. The number of benzene rings is 2. The van der Waals surface area contributed by atoms with Crippen molar-refractivity contribution in [2.45, 2.75) is 0 Å². The normalized spacial score (nSPS) is 10.3. The molecule has 0 aliphatic rings. The van der Waals surface area contributed by atoms with Gasteiger partial charge in [-0.05, 0) is 36.4 Å². The Labute approximate surface area is 133 Å². The van der Waals surface area contributed by atoms with Crippen LogP contribution in [-0.4, -0.2) is 25.3 Å². The lowest BCUT2D eigenvalue weighted by atomic mass is 10.1. The Balaban J connectivity index is 1.90. The Morgan fingerprint density at radius 1 is 1.00 bits per heavy atom. The Morgan fingerprint density at radius 3 is 2.48 bits per heavy atom. The first-order valence-electron chi connectivity index (χ1n) is 7.01. The maximum Gasteiger partial charge on any atom is 0.337 e. The molecule has 0 spiro atoms. The lowest BCUT2D eigenvalue weighted by molar-refractivity contribution is 0.0601. The zero-order chi connectivity index (χ0) is 16.2. The Bertz CT molecular complexity index is 821. The summed E-state index contributed by atoms with van der Waals surface area (Å²) >= 11 is 0. The standard InChI is InChI=1S/C18H15NO4/c1-21-15-8-6-12(7-9-15)17-11-16(19-23-17)13-4-3-5-14(10-13)18(20)22-2/h3-11H,1-2H3. The van der Waals surface area contributed by atoms with Gasteiger partial charge in [-0.25, -0.2) is 4.79 Å². The third-order valence-electron chi connectivity index (χ3n) is 3.46. The zero-order valence-corrected chi connectivity index (χ0v) is 12.8. The number of hydrogen-bond donors (Lipinski definition) is 0. The van der Waals surface area contributed by atoms with Gasteiger partial charge in [-0.2, -0.15) is 0 Å². The van der Waals surface area contributed by atoms with Gasteiger partial charge in [-0.15, -0.1) is 0 Å². The molecule has 5 heteroatoms. The fraction of sp³-hybridized carbons (Fsp3) is 0.111. The molecule has 2 aromatic carbocycles. The second kappa shape index (κ2) is 6.36. The highest BCUT2D eigenvalue weighted by molar-refractivity contribution is 5.90. The van der Waals surface area contributed by atoms with E-state index in [0.717, 1.165) is 16.9 Å². The number of carbonyl (C=O) groups excluding carboxylic acids is 1. The average Bonchev–Trinajstić information content (AvgIpc) is 3.11. The summed E-state index contributed by atoms with van der Waals surface area (Å²) in [4.78, 5) is 11.6. The van der Waals surface area contributed by atoms with Crippen LogP contribution in [0.3, 0.4) is 0 Å². The number of hydrogen-bond acceptors (Lipinski definition) is 5. The van der Waals surface area contributed by atoms with Gasteiger partial charge in [0.15, 0.2) is 5.76 Å². The van der Waals surface area contributed by atoms with Gasteiger partial charge in [-0.3, -0.25) is 0 Å². The molecule has 1 heterocycles. The van der Waals surface area contributed by atoms with Gasteiger partial charge in [0.05, 0.1) is 19.8 Å². The van der Waals surface area contributed by atoms with E-state index in [9.17, 15) is 4.79 Å². The number of aromatic nitrogens is 1. The molecule has 0 atom stereocenters. The molecule has 116 valence electrons. The molecule has 0 aliphatic heterocycles. The zero-order valence-electron chi connectivity index (χ0n) is 12.8. The molecule has 3 aromatic rings. The van der Waals surface area contributed by atoms with E-state index < -0.39 is 0 Å². The molecule has 0 amide bonds. The average molecular weight is 309 g/mol. The van der Waals surface area contributed by atoms with Crippen LogP contribution in [0.1, 0.15) is 10.4 Å². The minimum absolute atomic E-state index is 0.384. The van der Waals surface area contributed by atoms with Crippen molar-refractivity contribution in [1.82, 2.24) is 5.16 Å². The number of nitrogens with zero attached hydrogens (tertiary/aromatic N) is 1. The second-order valence-electron chi connectivity index (χ2n) is 4.88. The fourth-order valence-electron chi connectivity index (χ4n) is 2.23. The molecule has 0 saturated heterocycles. The first-order chi connectivity index (χ1) is 11.2. The molecule has 0 N–H and O–H groups in total. The monoisotopic (exact) mass is 309 g/mol. The molecular formula is C18H15NO4. The van der Waals surface area contributed by atoms with Crippen molar-refractivity contribution in [2.24, 2.45) is 0 Å². The molecule has 0 radical (unpaired) electrons. The molecule has 0 unspecified atom stereocenters. The summed E-state index contributed by atoms with van der Waals surface area (Å²) in [5, 5.41) is 4.07. The smallest absolute Gasteiger partial charge is 0.337 e. The van der Waals surface area contributed by atoms with Gasteiger partial charge in [-0.1, -0.05) is 17.3 Å². The number of ether oxygens (including phenoxy) is 2. The summed E-state index contributed by atoms with van der Waals surface area (Å²) in [5.41, 5.74) is 2.81. The maximum absolute atomic E-state index is 11.6. The molecular weight excluding hydrogens is 294 g/mol. The van der Waals surface area contributed by atoms with Crippen molar-refractivity contribution in [3.8, 4) is 28.3 Å². The molecule has 0 aliphatic carbocycles. The minimum atomic E-state index is -0.384. The summed E-state index contributed by atoms with van der Waals surface area (Å²) in [6.45, 7) is 0. The molecule has 0 bridgehead atoms. The van der Waals surface area contributed by atoms with Crippen LogP contribution in [0, 0.1) is 0 Å². The molecule has 1 aromatic heterocycles. The number of rotatable bonds is 4. The maximum atomic E-state index is 11.6. The Morgan fingerprint density at radius 2 is 1.78 bits per heavy atom. The Kier molecular flexibility index (Phi) is 4.10. The van der Waals surface area contributed by atoms with E-state index in [1.807, 2.05) is 36.4 Å². The second-order valence-corrected chi connectivity index (χ2v) is 4.88. The van der Waals surface area contributed by atoms with E-state index >= 15 is 0 Å². The van der Waals surface area contributed by atoms with Crippen molar-refractivity contribution in [3.63, 3.8) is 0 Å². The van der Waals surface area contributed by atoms with E-state index in [4.69, 9.17) is 14.0 Å². The summed E-state index contributed by atoms with van der Waals surface area (Å²) in [5.74, 6) is 1.04. The van der Waals surface area contributed by atoms with Crippen LogP contribution in [0.4, 0.5) is 0 Å². The quantitative estimate of drug-likeness (QED) is 0.686. The first kappa shape index (κ1) is 14.8. The summed E-state index contributed by atoms with van der Waals surface area (Å²) in [6, 6.07) is 16.4. The minimum Gasteiger partial charge on any atom is -0.497 e. The van der Waals surface area contributed by atoms with Gasteiger partial charge in [0, 0.05) is 17.2 Å². The van der Waals surface area contributed by atoms with Crippen molar-refractivity contribution in [2.75, 3.05) is 14.2 Å². The molecule has 3 rings (SSSR count). The van der Waals surface area contributed by atoms with Crippen LogP contribution < -0.4 is 4.74 Å². The van der Waals surface area contributed by atoms with E-state index in [-0.39, 0.29) is 5.97 Å². The van der Waals surface area contributed by atoms with Crippen LogP contribution >= 0.6 is 0 Å². The largest absolute Gasteiger partial charge is 0.497 e. The summed E-state index contributed by atoms with van der Waals surface area (Å²) in [6.07, 6.45) is 0.